The molecule has 0 aliphatic carbocycles. The van der Waals surface area contributed by atoms with Gasteiger partial charge in [-0.05, 0) is 36.4 Å². The number of hydrogen-bond donors (Lipinski definition) is 2. The Bertz CT molecular complexity index is 782. The third kappa shape index (κ3) is 5.65. The van der Waals surface area contributed by atoms with E-state index in [1.807, 2.05) is 0 Å². The van der Waals surface area contributed by atoms with Gasteiger partial charge < -0.3 is 14.6 Å². The summed E-state index contributed by atoms with van der Waals surface area (Å²) >= 11 is 0. The number of hydrogen-bond acceptors (Lipinski definition) is 5. The summed E-state index contributed by atoms with van der Waals surface area (Å²) < 4.78 is 57.6. The molecule has 0 bridgehead atoms. The lowest BCUT2D eigenvalue weighted by molar-refractivity contribution is -0.0543. The number of ether oxygens (including phenoxy) is 2. The first kappa shape index (κ1) is 19.0. The summed E-state index contributed by atoms with van der Waals surface area (Å²) in [7, 11) is 0. The van der Waals surface area contributed by atoms with E-state index in [0.717, 1.165) is 24.4 Å². The summed E-state index contributed by atoms with van der Waals surface area (Å²) in [6, 6.07) is 8.41. The molecule has 0 spiro atoms. The minimum atomic E-state index is -3.20. The summed E-state index contributed by atoms with van der Waals surface area (Å²) in [5.41, 5.74) is 2.35. The minimum absolute atomic E-state index is 0.00192. The second-order valence-corrected chi connectivity index (χ2v) is 4.70. The molecule has 2 aromatic rings. The van der Waals surface area contributed by atoms with Crippen molar-refractivity contribution in [2.75, 3.05) is 0 Å². The number of phenolic OH excluding ortho intramolecular Hbond substituents is 1. The molecule has 2 aromatic carbocycles. The molecule has 0 saturated carbocycles. The number of benzene rings is 2. The van der Waals surface area contributed by atoms with Crippen LogP contribution in [0.3, 0.4) is 0 Å². The molecule has 0 saturated heterocycles. The Morgan fingerprint density at radius 1 is 1.04 bits per heavy atom. The lowest BCUT2D eigenvalue weighted by Crippen LogP contribution is -2.17. The molecule has 0 aromatic heterocycles. The Morgan fingerprint density at radius 3 is 2.31 bits per heavy atom. The maximum Gasteiger partial charge on any atom is 0.387 e. The number of nitrogens with one attached hydrogen (secondary N) is 1. The van der Waals surface area contributed by atoms with Crippen molar-refractivity contribution in [2.45, 2.75) is 13.2 Å². The van der Waals surface area contributed by atoms with E-state index in [0.29, 0.717) is 0 Å². The largest absolute Gasteiger partial charge is 0.508 e. The Kier molecular flexibility index (Phi) is 6.36. The van der Waals surface area contributed by atoms with Crippen LogP contribution in [0.2, 0.25) is 0 Å². The number of amides is 1. The van der Waals surface area contributed by atoms with Gasteiger partial charge in [-0.2, -0.15) is 22.7 Å². The zero-order valence-corrected chi connectivity index (χ0v) is 12.9. The van der Waals surface area contributed by atoms with Crippen LogP contribution in [0.5, 0.6) is 17.2 Å². The van der Waals surface area contributed by atoms with Crippen molar-refractivity contribution in [3.05, 3.63) is 53.6 Å². The summed E-state index contributed by atoms with van der Waals surface area (Å²) in [6.07, 6.45) is 1.00. The highest BCUT2D eigenvalue weighted by Gasteiger charge is 2.13. The fourth-order valence-electron chi connectivity index (χ4n) is 1.83. The maximum atomic E-state index is 12.5. The van der Waals surface area contributed by atoms with Crippen LogP contribution in [-0.2, 0) is 0 Å². The molecule has 0 aliphatic rings. The number of rotatable bonds is 7. The fourth-order valence-corrected chi connectivity index (χ4v) is 1.83. The van der Waals surface area contributed by atoms with Crippen molar-refractivity contribution in [3.8, 4) is 17.2 Å². The molecular formula is C16H12F4N2O4. The number of phenols is 1. The van der Waals surface area contributed by atoms with E-state index < -0.39 is 24.9 Å². The van der Waals surface area contributed by atoms with E-state index >= 15 is 0 Å². The second kappa shape index (κ2) is 8.70. The van der Waals surface area contributed by atoms with Gasteiger partial charge in [-0.1, -0.05) is 0 Å². The van der Waals surface area contributed by atoms with E-state index in [2.05, 4.69) is 20.0 Å². The highest BCUT2D eigenvalue weighted by atomic mass is 19.3. The number of carbonyl (C=O) groups is 1. The van der Waals surface area contributed by atoms with Crippen LogP contribution in [0.4, 0.5) is 17.6 Å². The highest BCUT2D eigenvalue weighted by Crippen LogP contribution is 2.26. The van der Waals surface area contributed by atoms with Crippen LogP contribution in [0.15, 0.2) is 47.6 Å². The highest BCUT2D eigenvalue weighted by molar-refractivity contribution is 5.95. The quantitative estimate of drug-likeness (QED) is 0.444. The molecule has 6 nitrogen and oxygen atoms in total. The van der Waals surface area contributed by atoms with Crippen LogP contribution < -0.4 is 14.9 Å². The Hall–Kier alpha value is -3.30. The topological polar surface area (TPSA) is 80.2 Å². The third-order valence-corrected chi connectivity index (χ3v) is 2.93. The normalized spacial score (nSPS) is 11.2. The molecule has 0 unspecified atom stereocenters. The van der Waals surface area contributed by atoms with Crippen molar-refractivity contribution < 1.29 is 36.9 Å². The van der Waals surface area contributed by atoms with Crippen molar-refractivity contribution in [2.24, 2.45) is 5.10 Å². The molecule has 10 heteroatoms. The zero-order valence-electron chi connectivity index (χ0n) is 12.9. The van der Waals surface area contributed by atoms with Crippen LogP contribution >= 0.6 is 0 Å². The van der Waals surface area contributed by atoms with E-state index in [4.69, 9.17) is 5.11 Å². The number of halogens is 4. The van der Waals surface area contributed by atoms with Crippen molar-refractivity contribution in [1.82, 2.24) is 5.43 Å². The monoisotopic (exact) mass is 372 g/mol. The van der Waals surface area contributed by atoms with Crippen molar-refractivity contribution in [3.63, 3.8) is 0 Å². The average molecular weight is 372 g/mol. The van der Waals surface area contributed by atoms with Crippen LogP contribution in [-0.4, -0.2) is 30.5 Å². The third-order valence-electron chi connectivity index (χ3n) is 2.93. The van der Waals surface area contributed by atoms with Gasteiger partial charge in [0, 0.05) is 17.2 Å². The molecule has 0 heterocycles. The summed E-state index contributed by atoms with van der Waals surface area (Å²) in [5, 5.41) is 12.7. The van der Waals surface area contributed by atoms with Gasteiger partial charge >= 0.3 is 13.2 Å². The average Bonchev–Trinajstić information content (AvgIpc) is 2.56. The molecule has 2 rings (SSSR count). The SMILES string of the molecule is O=C(NN=Cc1ccc(OC(F)F)cc1OC(F)F)c1ccc(O)cc1. The number of nitrogens with zero attached hydrogens (tertiary/aromatic N) is 1. The van der Waals surface area contributed by atoms with Crippen molar-refractivity contribution >= 4 is 12.1 Å². The first-order valence-corrected chi connectivity index (χ1v) is 7.01. The van der Waals surface area contributed by atoms with E-state index in [9.17, 15) is 22.4 Å². The van der Waals surface area contributed by atoms with E-state index in [-0.39, 0.29) is 22.6 Å². The van der Waals surface area contributed by atoms with Gasteiger partial charge in [0.15, 0.2) is 0 Å². The van der Waals surface area contributed by atoms with E-state index in [1.165, 1.54) is 24.3 Å². The summed E-state index contributed by atoms with van der Waals surface area (Å²) in [5.74, 6) is -1.47. The van der Waals surface area contributed by atoms with Gasteiger partial charge in [0.1, 0.15) is 17.2 Å². The Morgan fingerprint density at radius 2 is 1.69 bits per heavy atom. The predicted molar refractivity (Wildman–Crippen MR) is 82.9 cm³/mol. The molecule has 0 fully saturated rings. The van der Waals surface area contributed by atoms with Crippen LogP contribution in [0, 0.1) is 0 Å². The predicted octanol–water partition coefficient (Wildman–Crippen LogP) is 3.36. The molecular weight excluding hydrogens is 360 g/mol. The Labute approximate surface area is 144 Å². The van der Waals surface area contributed by atoms with Gasteiger partial charge in [-0.3, -0.25) is 4.79 Å². The van der Waals surface area contributed by atoms with Crippen molar-refractivity contribution in [1.29, 1.82) is 0 Å². The first-order valence-electron chi connectivity index (χ1n) is 7.01. The first-order chi connectivity index (χ1) is 12.3. The van der Waals surface area contributed by atoms with Crippen LogP contribution in [0.1, 0.15) is 15.9 Å². The molecule has 0 atom stereocenters. The fraction of sp³-hybridized carbons (Fsp3) is 0.125. The number of carbonyl (C=O) groups excluding carboxylic acids is 1. The van der Waals surface area contributed by atoms with Gasteiger partial charge in [0.2, 0.25) is 0 Å². The van der Waals surface area contributed by atoms with Gasteiger partial charge in [-0.15, -0.1) is 0 Å². The minimum Gasteiger partial charge on any atom is -0.508 e. The summed E-state index contributed by atoms with van der Waals surface area (Å²) in [6.45, 7) is -6.32. The molecule has 2 N–H and O–H groups in total. The molecule has 0 radical (unpaired) electrons. The molecule has 138 valence electrons. The zero-order chi connectivity index (χ0) is 19.1. The number of aromatic hydroxyl groups is 1. The smallest absolute Gasteiger partial charge is 0.387 e. The van der Waals surface area contributed by atoms with Gasteiger partial charge in [0.05, 0.1) is 6.21 Å². The summed E-state index contributed by atoms with van der Waals surface area (Å²) in [4.78, 5) is 11.8. The van der Waals surface area contributed by atoms with Gasteiger partial charge in [-0.25, -0.2) is 5.43 Å². The van der Waals surface area contributed by atoms with E-state index in [1.54, 1.807) is 0 Å². The Balaban J connectivity index is 2.12. The number of hydrazone groups is 1. The molecule has 1 amide bonds. The molecule has 26 heavy (non-hydrogen) atoms. The van der Waals surface area contributed by atoms with Gasteiger partial charge in [0.25, 0.3) is 5.91 Å². The number of alkyl halides is 4. The lowest BCUT2D eigenvalue weighted by atomic mass is 10.2. The standard InChI is InChI=1S/C16H12F4N2O4/c17-15(18)25-12-6-3-10(13(7-12)26-16(19)20)8-21-22-14(24)9-1-4-11(23)5-2-9/h1-8,15-16,23H,(H,22,24). The van der Waals surface area contributed by atoms with Crippen LogP contribution in [0.25, 0.3) is 0 Å². The lowest BCUT2D eigenvalue weighted by Gasteiger charge is -2.10. The maximum absolute atomic E-state index is 12.5. The second-order valence-electron chi connectivity index (χ2n) is 4.70. The molecule has 0 aliphatic heterocycles.